The van der Waals surface area contributed by atoms with E-state index in [-0.39, 0.29) is 6.61 Å². The minimum atomic E-state index is -0.613. The van der Waals surface area contributed by atoms with Crippen LogP contribution in [0.1, 0.15) is 45.4 Å². The summed E-state index contributed by atoms with van der Waals surface area (Å²) in [7, 11) is 0. The average molecular weight is 215 g/mol. The Labute approximate surface area is 92.9 Å². The smallest absolute Gasteiger partial charge is 0.0895 e. The number of hydrogen-bond donors (Lipinski definition) is 3. The van der Waals surface area contributed by atoms with Crippen LogP contribution in [0.4, 0.5) is 0 Å². The molecule has 0 spiro atoms. The third-order valence-corrected chi connectivity index (χ3v) is 3.49. The van der Waals surface area contributed by atoms with Crippen molar-refractivity contribution >= 4 is 0 Å². The summed E-state index contributed by atoms with van der Waals surface area (Å²) in [5.41, 5.74) is 0. The fourth-order valence-corrected chi connectivity index (χ4v) is 2.36. The van der Waals surface area contributed by atoms with Gasteiger partial charge in [0.25, 0.3) is 0 Å². The van der Waals surface area contributed by atoms with E-state index in [2.05, 4.69) is 12.2 Å². The summed E-state index contributed by atoms with van der Waals surface area (Å²) in [6.45, 7) is 2.55. The fourth-order valence-electron chi connectivity index (χ4n) is 2.36. The predicted molar refractivity (Wildman–Crippen MR) is 61.7 cm³/mol. The zero-order chi connectivity index (χ0) is 11.1. The molecule has 0 aliphatic heterocycles. The Morgan fingerprint density at radius 2 is 1.80 bits per heavy atom. The molecule has 2 atom stereocenters. The SMILES string of the molecule is C[C@@H](NCC(O)CO)C1CCCCCC1. The lowest BCUT2D eigenvalue weighted by molar-refractivity contribution is 0.0898. The number of rotatable bonds is 5. The number of hydrogen-bond acceptors (Lipinski definition) is 3. The van der Waals surface area contributed by atoms with Crippen LogP contribution in [-0.2, 0) is 0 Å². The van der Waals surface area contributed by atoms with Gasteiger partial charge in [-0.1, -0.05) is 25.7 Å². The van der Waals surface area contributed by atoms with Crippen molar-refractivity contribution in [2.45, 2.75) is 57.6 Å². The molecule has 1 unspecified atom stereocenters. The molecule has 1 saturated carbocycles. The summed E-state index contributed by atoms with van der Waals surface area (Å²) in [5, 5.41) is 21.3. The van der Waals surface area contributed by atoms with Gasteiger partial charge in [0.1, 0.15) is 0 Å². The Morgan fingerprint density at radius 3 is 2.33 bits per heavy atom. The highest BCUT2D eigenvalue weighted by atomic mass is 16.3. The highest BCUT2D eigenvalue weighted by Gasteiger charge is 2.18. The third-order valence-electron chi connectivity index (χ3n) is 3.49. The quantitative estimate of drug-likeness (QED) is 0.606. The Balaban J connectivity index is 2.22. The molecule has 90 valence electrons. The van der Waals surface area contributed by atoms with E-state index < -0.39 is 6.10 Å². The van der Waals surface area contributed by atoms with Crippen molar-refractivity contribution in [3.8, 4) is 0 Å². The normalized spacial score (nSPS) is 23.4. The van der Waals surface area contributed by atoms with Crippen molar-refractivity contribution in [1.82, 2.24) is 5.32 Å². The van der Waals surface area contributed by atoms with Crippen molar-refractivity contribution < 1.29 is 10.2 Å². The van der Waals surface area contributed by atoms with Gasteiger partial charge in [0.15, 0.2) is 0 Å². The van der Waals surface area contributed by atoms with Crippen molar-refractivity contribution in [1.29, 1.82) is 0 Å². The maximum Gasteiger partial charge on any atom is 0.0895 e. The van der Waals surface area contributed by atoms with E-state index in [1.807, 2.05) is 0 Å². The highest BCUT2D eigenvalue weighted by molar-refractivity contribution is 4.75. The van der Waals surface area contributed by atoms with Gasteiger partial charge in [-0.3, -0.25) is 0 Å². The van der Waals surface area contributed by atoms with Gasteiger partial charge in [-0.25, -0.2) is 0 Å². The molecule has 1 rings (SSSR count). The van der Waals surface area contributed by atoms with E-state index in [1.54, 1.807) is 0 Å². The average Bonchev–Trinajstić information content (AvgIpc) is 2.53. The second-order valence-electron chi connectivity index (χ2n) is 4.78. The first-order chi connectivity index (χ1) is 7.24. The van der Waals surface area contributed by atoms with Crippen LogP contribution >= 0.6 is 0 Å². The van der Waals surface area contributed by atoms with Crippen LogP contribution in [0.2, 0.25) is 0 Å². The first-order valence-corrected chi connectivity index (χ1v) is 6.26. The maximum absolute atomic E-state index is 9.25. The molecule has 0 heterocycles. The van der Waals surface area contributed by atoms with Gasteiger partial charge in [-0.15, -0.1) is 0 Å². The van der Waals surface area contributed by atoms with Gasteiger partial charge >= 0.3 is 0 Å². The van der Waals surface area contributed by atoms with Crippen LogP contribution in [0.25, 0.3) is 0 Å². The molecule has 0 amide bonds. The van der Waals surface area contributed by atoms with E-state index in [9.17, 15) is 5.11 Å². The first kappa shape index (κ1) is 12.9. The molecule has 3 heteroatoms. The third kappa shape index (κ3) is 4.96. The molecule has 0 aromatic carbocycles. The number of nitrogens with one attached hydrogen (secondary N) is 1. The van der Waals surface area contributed by atoms with Gasteiger partial charge in [-0.05, 0) is 25.7 Å². The van der Waals surface area contributed by atoms with Crippen LogP contribution in [0.3, 0.4) is 0 Å². The largest absolute Gasteiger partial charge is 0.394 e. The molecule has 1 aliphatic rings. The fraction of sp³-hybridized carbons (Fsp3) is 1.00. The summed E-state index contributed by atoms with van der Waals surface area (Å²) >= 11 is 0. The van der Waals surface area contributed by atoms with E-state index >= 15 is 0 Å². The second-order valence-corrected chi connectivity index (χ2v) is 4.78. The summed E-state index contributed by atoms with van der Waals surface area (Å²) < 4.78 is 0. The van der Waals surface area contributed by atoms with Gasteiger partial charge in [0.2, 0.25) is 0 Å². The summed E-state index contributed by atoms with van der Waals surface area (Å²) in [4.78, 5) is 0. The lowest BCUT2D eigenvalue weighted by atomic mass is 9.93. The summed E-state index contributed by atoms with van der Waals surface area (Å²) in [6.07, 6.45) is 7.45. The van der Waals surface area contributed by atoms with Crippen LogP contribution in [0.15, 0.2) is 0 Å². The van der Waals surface area contributed by atoms with Gasteiger partial charge in [0.05, 0.1) is 12.7 Å². The topological polar surface area (TPSA) is 52.5 Å². The summed E-state index contributed by atoms with van der Waals surface area (Å²) in [5.74, 6) is 0.749. The minimum absolute atomic E-state index is 0.148. The Hall–Kier alpha value is -0.120. The molecule has 1 fully saturated rings. The monoisotopic (exact) mass is 215 g/mol. The van der Waals surface area contributed by atoms with E-state index in [1.165, 1.54) is 38.5 Å². The standard InChI is InChI=1S/C12H25NO2/c1-10(13-8-12(15)9-14)11-6-4-2-3-5-7-11/h10-15H,2-9H2,1H3/t10-,12?/m1/s1. The van der Waals surface area contributed by atoms with E-state index in [0.29, 0.717) is 12.6 Å². The molecule has 0 aromatic heterocycles. The van der Waals surface area contributed by atoms with Crippen LogP contribution in [-0.4, -0.2) is 35.5 Å². The second kappa shape index (κ2) is 7.20. The van der Waals surface area contributed by atoms with Crippen LogP contribution in [0.5, 0.6) is 0 Å². The molecule has 0 aromatic rings. The molecule has 1 aliphatic carbocycles. The van der Waals surface area contributed by atoms with E-state index in [4.69, 9.17) is 5.11 Å². The highest BCUT2D eigenvalue weighted by Crippen LogP contribution is 2.25. The minimum Gasteiger partial charge on any atom is -0.394 e. The molecule has 3 nitrogen and oxygen atoms in total. The number of aliphatic hydroxyl groups is 2. The van der Waals surface area contributed by atoms with Gasteiger partial charge < -0.3 is 15.5 Å². The lowest BCUT2D eigenvalue weighted by Gasteiger charge is -2.24. The Bertz CT molecular complexity index is 156. The molecule has 0 saturated heterocycles. The van der Waals surface area contributed by atoms with Crippen molar-refractivity contribution in [2.24, 2.45) is 5.92 Å². The summed E-state index contributed by atoms with van der Waals surface area (Å²) in [6, 6.07) is 0.462. The molecule has 3 N–H and O–H groups in total. The van der Waals surface area contributed by atoms with Crippen molar-refractivity contribution in [3.63, 3.8) is 0 Å². The number of aliphatic hydroxyl groups excluding tert-OH is 2. The van der Waals surface area contributed by atoms with E-state index in [0.717, 1.165) is 5.92 Å². The predicted octanol–water partition coefficient (Wildman–Crippen LogP) is 1.29. The van der Waals surface area contributed by atoms with Crippen LogP contribution in [0, 0.1) is 5.92 Å². The van der Waals surface area contributed by atoms with Crippen molar-refractivity contribution in [2.75, 3.05) is 13.2 Å². The van der Waals surface area contributed by atoms with Crippen LogP contribution < -0.4 is 5.32 Å². The Kier molecular flexibility index (Phi) is 6.22. The van der Waals surface area contributed by atoms with Gasteiger partial charge in [-0.2, -0.15) is 0 Å². The van der Waals surface area contributed by atoms with Gasteiger partial charge in [0, 0.05) is 12.6 Å². The lowest BCUT2D eigenvalue weighted by Crippen LogP contribution is -2.39. The van der Waals surface area contributed by atoms with Crippen molar-refractivity contribution in [3.05, 3.63) is 0 Å². The molecule has 15 heavy (non-hydrogen) atoms. The molecule has 0 bridgehead atoms. The zero-order valence-corrected chi connectivity index (χ0v) is 9.78. The maximum atomic E-state index is 9.25. The molecule has 0 radical (unpaired) electrons. The molecular formula is C12H25NO2. The molecular weight excluding hydrogens is 190 g/mol. The zero-order valence-electron chi connectivity index (χ0n) is 9.78. The first-order valence-electron chi connectivity index (χ1n) is 6.26. The Morgan fingerprint density at radius 1 is 1.20 bits per heavy atom.